The van der Waals surface area contributed by atoms with E-state index in [1.54, 1.807) is 0 Å². The number of nitrogens with one attached hydrogen (secondary N) is 1. The highest BCUT2D eigenvalue weighted by Gasteiger charge is 1.89. The molecule has 0 aliphatic heterocycles. The summed E-state index contributed by atoms with van der Waals surface area (Å²) in [5, 5.41) is 0. The summed E-state index contributed by atoms with van der Waals surface area (Å²) in [7, 11) is 0. The van der Waals surface area contributed by atoms with Crippen molar-refractivity contribution >= 4 is 5.84 Å². The van der Waals surface area contributed by atoms with Crippen molar-refractivity contribution in [2.45, 2.75) is 20.8 Å². The van der Waals surface area contributed by atoms with Gasteiger partial charge in [0.25, 0.3) is 0 Å². The van der Waals surface area contributed by atoms with Crippen LogP contribution in [0.1, 0.15) is 20.8 Å². The predicted octanol–water partition coefficient (Wildman–Crippen LogP) is 0.524. The molecule has 0 atom stereocenters. The lowest BCUT2D eigenvalue weighted by atomic mass is 10.2. The van der Waals surface area contributed by atoms with Gasteiger partial charge in [-0.25, -0.2) is 5.84 Å². The van der Waals surface area contributed by atoms with Crippen LogP contribution in [0.5, 0.6) is 0 Å². The van der Waals surface area contributed by atoms with Gasteiger partial charge in [0.2, 0.25) is 0 Å². The van der Waals surface area contributed by atoms with Crippen molar-refractivity contribution in [3.63, 3.8) is 0 Å². The van der Waals surface area contributed by atoms with Crippen molar-refractivity contribution in [1.29, 1.82) is 0 Å². The van der Waals surface area contributed by atoms with Crippen LogP contribution < -0.4 is 11.3 Å². The van der Waals surface area contributed by atoms with Gasteiger partial charge < -0.3 is 5.43 Å². The Hall–Kier alpha value is -0.570. The second kappa shape index (κ2) is 4.32. The topological polar surface area (TPSA) is 50.4 Å². The molecule has 0 aromatic rings. The number of rotatable bonds is 2. The number of nitrogens with two attached hydrogens (primary N) is 1. The van der Waals surface area contributed by atoms with Crippen LogP contribution >= 0.6 is 0 Å². The zero-order valence-electron chi connectivity index (χ0n) is 6.31. The van der Waals surface area contributed by atoms with Crippen molar-refractivity contribution in [2.75, 3.05) is 6.54 Å². The van der Waals surface area contributed by atoms with E-state index in [2.05, 4.69) is 24.3 Å². The van der Waals surface area contributed by atoms with E-state index in [1.807, 2.05) is 6.92 Å². The molecule has 9 heavy (non-hydrogen) atoms. The Morgan fingerprint density at radius 2 is 2.22 bits per heavy atom. The molecular formula is C6H15N3. The second-order valence-electron chi connectivity index (χ2n) is 2.46. The number of amidine groups is 1. The highest BCUT2D eigenvalue weighted by Crippen LogP contribution is 1.90. The Labute approximate surface area is 56.3 Å². The molecule has 0 aliphatic carbocycles. The first kappa shape index (κ1) is 8.43. The Bertz CT molecular complexity index is 96.5. The molecule has 0 aromatic carbocycles. The van der Waals surface area contributed by atoms with Gasteiger partial charge in [-0.05, 0) is 12.8 Å². The number of hydrogen-bond acceptors (Lipinski definition) is 2. The third kappa shape index (κ3) is 5.30. The monoisotopic (exact) mass is 129 g/mol. The molecule has 0 aliphatic rings. The largest absolute Gasteiger partial charge is 0.313 e. The van der Waals surface area contributed by atoms with Crippen LogP contribution in [0.25, 0.3) is 0 Å². The standard InChI is InChI=1S/C6H15N3/c1-5(2)4-8-6(3)9-7/h5H,4,7H2,1-3H3,(H,8,9). The molecule has 54 valence electrons. The van der Waals surface area contributed by atoms with Gasteiger partial charge in [-0.2, -0.15) is 0 Å². The van der Waals surface area contributed by atoms with Crippen molar-refractivity contribution in [1.82, 2.24) is 5.43 Å². The number of aliphatic imine (C=N–C) groups is 1. The molecule has 0 amide bonds. The summed E-state index contributed by atoms with van der Waals surface area (Å²) in [5.41, 5.74) is 2.47. The van der Waals surface area contributed by atoms with Crippen LogP contribution in [0.3, 0.4) is 0 Å². The molecule has 0 spiro atoms. The van der Waals surface area contributed by atoms with Gasteiger partial charge in [-0.3, -0.25) is 4.99 Å². The fraction of sp³-hybridized carbons (Fsp3) is 0.833. The maximum absolute atomic E-state index is 5.08. The Morgan fingerprint density at radius 3 is 2.56 bits per heavy atom. The summed E-state index contributed by atoms with van der Waals surface area (Å²) in [5.74, 6) is 6.48. The van der Waals surface area contributed by atoms with Crippen molar-refractivity contribution in [2.24, 2.45) is 16.8 Å². The summed E-state index contributed by atoms with van der Waals surface area (Å²) in [6.07, 6.45) is 0. The average molecular weight is 129 g/mol. The maximum Gasteiger partial charge on any atom is 0.107 e. The Balaban J connectivity index is 3.43. The van der Waals surface area contributed by atoms with Crippen LogP contribution in [0.4, 0.5) is 0 Å². The molecule has 0 aromatic heterocycles. The van der Waals surface area contributed by atoms with Crippen molar-refractivity contribution in [3.05, 3.63) is 0 Å². The molecule has 0 rings (SSSR count). The predicted molar refractivity (Wildman–Crippen MR) is 40.1 cm³/mol. The highest BCUT2D eigenvalue weighted by molar-refractivity contribution is 5.78. The van der Waals surface area contributed by atoms with Gasteiger partial charge in [0.1, 0.15) is 5.84 Å². The molecular weight excluding hydrogens is 114 g/mol. The van der Waals surface area contributed by atoms with Crippen molar-refractivity contribution < 1.29 is 0 Å². The SMILES string of the molecule is CC(=NCC(C)C)NN. The molecule has 3 heteroatoms. The average Bonchev–Trinajstić information content (AvgIpc) is 1.83. The second-order valence-corrected chi connectivity index (χ2v) is 2.46. The van der Waals surface area contributed by atoms with Gasteiger partial charge in [0, 0.05) is 6.54 Å². The van der Waals surface area contributed by atoms with Gasteiger partial charge in [-0.15, -0.1) is 0 Å². The zero-order chi connectivity index (χ0) is 7.28. The first-order chi connectivity index (χ1) is 4.16. The third-order valence-corrected chi connectivity index (χ3v) is 0.902. The molecule has 0 heterocycles. The first-order valence-corrected chi connectivity index (χ1v) is 3.14. The van der Waals surface area contributed by atoms with Gasteiger partial charge >= 0.3 is 0 Å². The quantitative estimate of drug-likeness (QED) is 0.247. The van der Waals surface area contributed by atoms with E-state index in [1.165, 1.54) is 0 Å². The summed E-state index contributed by atoms with van der Waals surface area (Å²) < 4.78 is 0. The van der Waals surface area contributed by atoms with Crippen LogP contribution in [0.15, 0.2) is 4.99 Å². The molecule has 0 fully saturated rings. The van der Waals surface area contributed by atoms with Gasteiger partial charge in [0.15, 0.2) is 0 Å². The fourth-order valence-electron chi connectivity index (χ4n) is 0.365. The van der Waals surface area contributed by atoms with E-state index >= 15 is 0 Å². The van der Waals surface area contributed by atoms with E-state index in [9.17, 15) is 0 Å². The van der Waals surface area contributed by atoms with Crippen LogP contribution in [-0.4, -0.2) is 12.4 Å². The molecule has 0 radical (unpaired) electrons. The fourth-order valence-corrected chi connectivity index (χ4v) is 0.365. The van der Waals surface area contributed by atoms with E-state index in [4.69, 9.17) is 5.84 Å². The summed E-state index contributed by atoms with van der Waals surface area (Å²) >= 11 is 0. The lowest BCUT2D eigenvalue weighted by Gasteiger charge is -2.00. The van der Waals surface area contributed by atoms with Crippen LogP contribution in [0.2, 0.25) is 0 Å². The number of hydrazine groups is 1. The maximum atomic E-state index is 5.08. The molecule has 0 unspecified atom stereocenters. The molecule has 0 saturated heterocycles. The summed E-state index contributed by atoms with van der Waals surface area (Å²) in [6.45, 7) is 6.93. The minimum atomic E-state index is 0.605. The van der Waals surface area contributed by atoms with Crippen LogP contribution in [-0.2, 0) is 0 Å². The van der Waals surface area contributed by atoms with E-state index in [-0.39, 0.29) is 0 Å². The highest BCUT2D eigenvalue weighted by atomic mass is 15.2. The summed E-state index contributed by atoms with van der Waals surface area (Å²) in [6, 6.07) is 0. The third-order valence-electron chi connectivity index (χ3n) is 0.902. The Kier molecular flexibility index (Phi) is 4.05. The normalized spacial score (nSPS) is 12.3. The number of nitrogens with zero attached hydrogens (tertiary/aromatic N) is 1. The smallest absolute Gasteiger partial charge is 0.107 e. The zero-order valence-corrected chi connectivity index (χ0v) is 6.31. The minimum Gasteiger partial charge on any atom is -0.313 e. The summed E-state index contributed by atoms with van der Waals surface area (Å²) in [4.78, 5) is 4.12. The molecule has 0 saturated carbocycles. The molecule has 0 bridgehead atoms. The van der Waals surface area contributed by atoms with E-state index in [0.29, 0.717) is 5.92 Å². The lowest BCUT2D eigenvalue weighted by molar-refractivity contribution is 0.662. The number of hydrogen-bond donors (Lipinski definition) is 2. The van der Waals surface area contributed by atoms with E-state index in [0.717, 1.165) is 12.4 Å². The first-order valence-electron chi connectivity index (χ1n) is 3.14. The van der Waals surface area contributed by atoms with Gasteiger partial charge in [0.05, 0.1) is 0 Å². The van der Waals surface area contributed by atoms with Crippen molar-refractivity contribution in [3.8, 4) is 0 Å². The van der Waals surface area contributed by atoms with Gasteiger partial charge in [-0.1, -0.05) is 13.8 Å². The van der Waals surface area contributed by atoms with Crippen LogP contribution in [0, 0.1) is 5.92 Å². The molecule has 3 nitrogen and oxygen atoms in total. The Morgan fingerprint density at radius 1 is 1.67 bits per heavy atom. The van der Waals surface area contributed by atoms with E-state index < -0.39 is 0 Å². The minimum absolute atomic E-state index is 0.605. The lowest BCUT2D eigenvalue weighted by Crippen LogP contribution is -2.28. The molecule has 3 N–H and O–H groups in total.